The van der Waals surface area contributed by atoms with E-state index in [-0.39, 0.29) is 17.6 Å². The lowest BCUT2D eigenvalue weighted by Crippen LogP contribution is -1.90. The Balaban J connectivity index is 1.93. The van der Waals surface area contributed by atoms with E-state index in [0.29, 0.717) is 11.6 Å². The predicted octanol–water partition coefficient (Wildman–Crippen LogP) is 7.05. The van der Waals surface area contributed by atoms with Gasteiger partial charge in [-0.25, -0.2) is 0 Å². The van der Waals surface area contributed by atoms with Gasteiger partial charge in [0.25, 0.3) is 0 Å². The Morgan fingerprint density at radius 3 is 2.88 bits per heavy atom. The molecule has 0 aliphatic heterocycles. The van der Waals surface area contributed by atoms with Gasteiger partial charge in [0.05, 0.1) is 8.44 Å². The van der Waals surface area contributed by atoms with Gasteiger partial charge >= 0.3 is 0 Å². The van der Waals surface area contributed by atoms with E-state index in [1.807, 2.05) is 23.6 Å². The minimum Gasteiger partial charge on any atom is -0.256 e. The molecule has 0 bridgehead atoms. The SMILES string of the molecule is [2H]c1c(C([2H])([2H])[2H])cnc(-c2ccc(C3CCCC3)cc3ccccc3sc2)c1[2H]. The van der Waals surface area contributed by atoms with E-state index >= 15 is 0 Å². The molecule has 2 heteroatoms. The van der Waals surface area contributed by atoms with Crippen molar-refractivity contribution in [3.8, 4) is 11.3 Å². The van der Waals surface area contributed by atoms with E-state index in [1.165, 1.54) is 42.8 Å². The highest BCUT2D eigenvalue weighted by Gasteiger charge is 2.16. The molecule has 1 aliphatic carbocycles. The third kappa shape index (κ3) is 3.74. The molecule has 0 saturated heterocycles. The van der Waals surface area contributed by atoms with Gasteiger partial charge < -0.3 is 0 Å². The van der Waals surface area contributed by atoms with E-state index in [1.54, 1.807) is 11.3 Å². The fraction of sp³-hybridized carbons (Fsp3) is 0.261. The van der Waals surface area contributed by atoms with Gasteiger partial charge in [-0.1, -0.05) is 55.3 Å². The maximum Gasteiger partial charge on any atom is 0.0710 e. The Morgan fingerprint density at radius 1 is 1.12 bits per heavy atom. The maximum absolute atomic E-state index is 8.40. The fourth-order valence-electron chi connectivity index (χ4n) is 3.40. The molecule has 1 saturated carbocycles. The molecule has 0 spiro atoms. The molecule has 1 aliphatic rings. The molecule has 1 aromatic carbocycles. The van der Waals surface area contributed by atoms with Gasteiger partial charge in [-0.15, -0.1) is 11.3 Å². The number of pyridine rings is 1. The smallest absolute Gasteiger partial charge is 0.0710 e. The minimum absolute atomic E-state index is 0.154. The molecule has 0 amide bonds. The van der Waals surface area contributed by atoms with Crippen LogP contribution in [0.2, 0.25) is 0 Å². The van der Waals surface area contributed by atoms with Gasteiger partial charge in [-0.3, -0.25) is 4.98 Å². The van der Waals surface area contributed by atoms with Crippen molar-refractivity contribution in [3.63, 3.8) is 0 Å². The summed E-state index contributed by atoms with van der Waals surface area (Å²) in [6, 6.07) is 14.1. The lowest BCUT2D eigenvalue weighted by molar-refractivity contribution is 0.725. The van der Waals surface area contributed by atoms with Crippen LogP contribution in [-0.2, 0) is 0 Å². The van der Waals surface area contributed by atoms with Crippen LogP contribution in [0, 0.1) is 6.85 Å². The van der Waals surface area contributed by atoms with Crippen molar-refractivity contribution in [1.29, 1.82) is 0 Å². The van der Waals surface area contributed by atoms with Crippen molar-refractivity contribution in [2.24, 2.45) is 0 Å². The number of hydrogen-bond acceptors (Lipinski definition) is 2. The lowest BCUT2D eigenvalue weighted by atomic mass is 9.97. The van der Waals surface area contributed by atoms with Crippen LogP contribution in [0.4, 0.5) is 0 Å². The molecule has 2 aromatic heterocycles. The van der Waals surface area contributed by atoms with Crippen molar-refractivity contribution in [1.82, 2.24) is 4.98 Å². The Bertz CT molecular complexity index is 1130. The van der Waals surface area contributed by atoms with Crippen molar-refractivity contribution >= 4 is 21.4 Å². The monoisotopic (exact) mass is 350 g/mol. The summed E-state index contributed by atoms with van der Waals surface area (Å²) in [7, 11) is 0. The summed E-state index contributed by atoms with van der Waals surface area (Å²) in [5.74, 6) is 0.520. The largest absolute Gasteiger partial charge is 0.256 e. The number of rotatable bonds is 2. The van der Waals surface area contributed by atoms with Gasteiger partial charge in [0.15, 0.2) is 0 Å². The predicted molar refractivity (Wildman–Crippen MR) is 109 cm³/mol. The maximum atomic E-state index is 8.40. The number of aryl methyl sites for hydroxylation is 1. The Kier molecular flexibility index (Phi) is 3.37. The molecular formula is C23H23NS. The number of benzene rings is 1. The molecule has 3 aromatic rings. The Morgan fingerprint density at radius 2 is 2.00 bits per heavy atom. The summed E-state index contributed by atoms with van der Waals surface area (Å²) in [6.45, 7) is -2.45. The molecule has 25 heavy (non-hydrogen) atoms. The van der Waals surface area contributed by atoms with Gasteiger partial charge in [0, 0.05) is 26.0 Å². The second-order valence-corrected chi connectivity index (χ2v) is 7.37. The van der Waals surface area contributed by atoms with E-state index < -0.39 is 6.85 Å². The molecule has 4 rings (SSSR count). The first-order valence-electron chi connectivity index (χ1n) is 11.2. The normalized spacial score (nSPS) is 18.0. The second-order valence-electron chi connectivity index (χ2n) is 6.46. The van der Waals surface area contributed by atoms with E-state index in [2.05, 4.69) is 29.2 Å². The second kappa shape index (κ2) is 7.37. The van der Waals surface area contributed by atoms with Gasteiger partial charge in [0.2, 0.25) is 0 Å². The summed E-state index contributed by atoms with van der Waals surface area (Å²) >= 11 is 1.55. The summed E-state index contributed by atoms with van der Waals surface area (Å²) in [5.41, 5.74) is 2.14. The summed E-state index contributed by atoms with van der Waals surface area (Å²) < 4.78 is 40.4. The highest BCUT2D eigenvalue weighted by molar-refractivity contribution is 7.16. The van der Waals surface area contributed by atoms with Crippen molar-refractivity contribution in [2.45, 2.75) is 38.5 Å². The lowest BCUT2D eigenvalue weighted by Gasteiger charge is -2.07. The molecule has 1 nitrogen and oxygen atoms in total. The summed E-state index contributed by atoms with van der Waals surface area (Å²) in [4.78, 5) is 4.29. The van der Waals surface area contributed by atoms with Crippen LogP contribution >= 0.6 is 11.3 Å². The number of fused-ring (bicyclic) bond motifs is 1. The summed E-state index contributed by atoms with van der Waals surface area (Å²) in [6.07, 6.45) is 6.06. The van der Waals surface area contributed by atoms with Crippen molar-refractivity contribution in [2.75, 3.05) is 0 Å². The minimum atomic E-state index is -2.45. The topological polar surface area (TPSA) is 12.9 Å². The van der Waals surface area contributed by atoms with Crippen LogP contribution in [0.15, 0.2) is 66.1 Å². The fourth-order valence-corrected chi connectivity index (χ4v) is 4.27. The molecule has 0 atom stereocenters. The van der Waals surface area contributed by atoms with Crippen LogP contribution in [0.5, 0.6) is 0 Å². The average Bonchev–Trinajstić information content (AvgIpc) is 3.25. The molecule has 0 unspecified atom stereocenters. The van der Waals surface area contributed by atoms with Crippen molar-refractivity contribution in [3.05, 3.63) is 77.3 Å². The Hall–Kier alpha value is -2.19. The number of nitrogens with zero attached hydrogens (tertiary/aromatic N) is 1. The van der Waals surface area contributed by atoms with Crippen LogP contribution in [0.1, 0.15) is 49.6 Å². The highest BCUT2D eigenvalue weighted by Crippen LogP contribution is 2.35. The van der Waals surface area contributed by atoms with Gasteiger partial charge in [0.1, 0.15) is 0 Å². The third-order valence-corrected chi connectivity index (χ3v) is 5.75. The third-order valence-electron chi connectivity index (χ3n) is 4.75. The van der Waals surface area contributed by atoms with Gasteiger partial charge in [-0.05, 0) is 54.2 Å². The zero-order valence-electron chi connectivity index (χ0n) is 19.0. The first kappa shape index (κ1) is 11.4. The van der Waals surface area contributed by atoms with Gasteiger partial charge in [-0.2, -0.15) is 0 Å². The zero-order valence-corrected chi connectivity index (χ0v) is 14.8. The van der Waals surface area contributed by atoms with E-state index in [9.17, 15) is 0 Å². The molecule has 0 N–H and O–H groups in total. The molecule has 0 radical (unpaired) electrons. The van der Waals surface area contributed by atoms with Crippen LogP contribution < -0.4 is 0 Å². The van der Waals surface area contributed by atoms with Crippen LogP contribution in [0.3, 0.4) is 0 Å². The molecular weight excluding hydrogens is 322 g/mol. The highest BCUT2D eigenvalue weighted by atomic mass is 32.1. The zero-order chi connectivity index (χ0) is 21.3. The van der Waals surface area contributed by atoms with E-state index in [4.69, 9.17) is 6.85 Å². The first-order chi connectivity index (χ1) is 14.3. The standard InChI is InChI=1S/C23H23NS/c1-17-10-13-22(24-15-17)21-12-11-19(18-6-2-3-7-18)14-20-8-4-5-9-23(20)25-16-21/h4-5,8-16,18H,2-3,6-7H2,1H3/i1D3,10D,13D. The number of aromatic nitrogens is 1. The molecule has 126 valence electrons. The van der Waals surface area contributed by atoms with Crippen molar-refractivity contribution < 1.29 is 6.85 Å². The Labute approximate surface area is 160 Å². The van der Waals surface area contributed by atoms with Crippen LogP contribution in [-0.4, -0.2) is 4.98 Å². The first-order valence-corrected chi connectivity index (χ1v) is 9.55. The number of hydrogen-bond donors (Lipinski definition) is 0. The molecule has 2 heterocycles. The summed E-state index contributed by atoms with van der Waals surface area (Å²) in [5, 5.41) is 3.11. The molecule has 1 fully saturated rings. The quantitative estimate of drug-likeness (QED) is 0.482. The average molecular weight is 351 g/mol. The van der Waals surface area contributed by atoms with Crippen LogP contribution in [0.25, 0.3) is 21.3 Å². The van der Waals surface area contributed by atoms with E-state index in [0.717, 1.165) is 10.3 Å².